The molecule has 4 saturated carbocycles. The summed E-state index contributed by atoms with van der Waals surface area (Å²) in [4.78, 5) is 61.4. The summed E-state index contributed by atoms with van der Waals surface area (Å²) >= 11 is 0.485. The van der Waals surface area contributed by atoms with E-state index in [1.165, 1.54) is 87.1 Å². The predicted octanol–water partition coefficient (Wildman–Crippen LogP) is 16.9. The van der Waals surface area contributed by atoms with E-state index >= 15 is 0 Å². The zero-order valence-electron chi connectivity index (χ0n) is 74.3. The SMILES string of the molecule is C=S(=O)(c1ccn(C)n1)N(C1CC(C)(OC)C1)[C@H]1CCC2=Cc3c(cnn3-c3ccc(F)cc3)C[C@]2(C(=O)c2cc(C(F)(F)F)ccn2)C1.C=S(=O)(c1cn(C)cn1)N(CC(F)F)[C@H]1CCC2=Cc3c(cnn3-c3ccc(F)cc3)C[C@]2(C(=O)c2ncc(C(F)(F)F)s2)C1.C=S(=O)(c1ncn(C)n1)N(CCF)[C@H]1CCC2=Cc3c(cnn3-c3ccc(F)cc3)C[C@]2(C(=O)c2ncc(C(F)(F)F)s2)C1. The fourth-order valence-electron chi connectivity index (χ4n) is 20.0. The number of allylic oxidation sites excluding steroid dienone is 3. The Bertz CT molecular complexity index is 7150. The summed E-state index contributed by atoms with van der Waals surface area (Å²) in [5.74, 6) is 8.77. The number of thiazole rings is 2. The molecule has 7 aliphatic rings. The number of methoxy groups -OCH3 is 1. The van der Waals surface area contributed by atoms with Crippen molar-refractivity contribution in [3.63, 3.8) is 0 Å². The van der Waals surface area contributed by atoms with Gasteiger partial charge in [-0.2, -0.15) is 59.9 Å². The van der Waals surface area contributed by atoms with E-state index in [0.29, 0.717) is 112 Å². The van der Waals surface area contributed by atoms with Crippen molar-refractivity contribution in [1.29, 1.82) is 0 Å². The summed E-state index contributed by atoms with van der Waals surface area (Å²) in [5, 5.41) is 21.6. The summed E-state index contributed by atoms with van der Waals surface area (Å²) in [6.07, 6.45) is 4.58. The van der Waals surface area contributed by atoms with Crippen LogP contribution in [0, 0.1) is 33.7 Å². The number of fused-ring (bicyclic) bond motifs is 6. The van der Waals surface area contributed by atoms with Crippen LogP contribution in [0.5, 0.6) is 0 Å². The lowest BCUT2D eigenvalue weighted by molar-refractivity contribution is -0.138. The molecule has 0 bridgehead atoms. The van der Waals surface area contributed by atoms with Gasteiger partial charge in [0.25, 0.3) is 6.43 Å². The van der Waals surface area contributed by atoms with Crippen molar-refractivity contribution in [3.05, 3.63) is 252 Å². The van der Waals surface area contributed by atoms with Crippen LogP contribution in [0.25, 0.3) is 35.3 Å². The Balaban J connectivity index is 0.000000143. The van der Waals surface area contributed by atoms with Crippen molar-refractivity contribution in [2.75, 3.05) is 26.9 Å². The van der Waals surface area contributed by atoms with Gasteiger partial charge in [-0.15, -0.1) is 27.8 Å². The number of alkyl halides is 12. The lowest BCUT2D eigenvalue weighted by atomic mass is 9.60. The minimum absolute atomic E-state index is 0.00591. The van der Waals surface area contributed by atoms with E-state index in [1.54, 1.807) is 108 Å². The van der Waals surface area contributed by atoms with E-state index in [9.17, 15) is 92.9 Å². The zero-order valence-corrected chi connectivity index (χ0v) is 78.3. The number of Topliss-reactive ketones (excluding diaryl/α,β-unsaturated/α-hetero) is 3. The van der Waals surface area contributed by atoms with Crippen molar-refractivity contribution >= 4 is 105 Å². The van der Waals surface area contributed by atoms with Gasteiger partial charge in [-0.1, -0.05) is 16.7 Å². The van der Waals surface area contributed by atoms with E-state index in [4.69, 9.17) is 4.74 Å². The van der Waals surface area contributed by atoms with Crippen molar-refractivity contribution < 1.29 is 97.6 Å². The first kappa shape index (κ1) is 98.0. The summed E-state index contributed by atoms with van der Waals surface area (Å²) in [5.41, 5.74) is 1.71. The maximum atomic E-state index is 14.8. The molecule has 9 heterocycles. The fraction of sp³-hybridized carbons (Fsp3) is 0.370. The Kier molecular flexibility index (Phi) is 26.2. The number of ether oxygens (including phenoxy) is 1. The first-order valence-corrected chi connectivity index (χ1v) is 49.9. The van der Waals surface area contributed by atoms with Crippen molar-refractivity contribution in [2.45, 2.75) is 167 Å². The lowest BCUT2D eigenvalue weighted by Crippen LogP contribution is -2.61. The molecule has 4 fully saturated rings. The highest BCUT2D eigenvalue weighted by Crippen LogP contribution is 2.58. The van der Waals surface area contributed by atoms with Crippen LogP contribution in [0.4, 0.5) is 65.9 Å². The molecule has 46 heteroatoms. The molecular formula is C92H88F15N19O7S5. The first-order valence-electron chi connectivity index (χ1n) is 43.2. The minimum atomic E-state index is -4.71. The molecule has 9 aromatic heterocycles. The largest absolute Gasteiger partial charge is 0.427 e. The van der Waals surface area contributed by atoms with Gasteiger partial charge in [0.2, 0.25) is 16.7 Å². The maximum Gasteiger partial charge on any atom is 0.427 e. The van der Waals surface area contributed by atoms with Crippen LogP contribution in [-0.4, -0.2) is 202 Å². The third kappa shape index (κ3) is 18.5. The van der Waals surface area contributed by atoms with E-state index in [2.05, 4.69) is 68.0 Å². The second-order valence-electron chi connectivity index (χ2n) is 35.5. The fourth-order valence-corrected chi connectivity index (χ4v) is 27.2. The zero-order chi connectivity index (χ0) is 98.7. The molecule has 3 unspecified atom stereocenters. The van der Waals surface area contributed by atoms with Crippen LogP contribution in [0.15, 0.2) is 185 Å². The third-order valence-electron chi connectivity index (χ3n) is 26.7. The van der Waals surface area contributed by atoms with Gasteiger partial charge < -0.3 is 9.30 Å². The number of hydrogen-bond acceptors (Lipinski definition) is 19. The van der Waals surface area contributed by atoms with E-state index < -0.39 is 157 Å². The number of benzene rings is 3. The number of pyridine rings is 1. The Morgan fingerprint density at radius 2 is 0.971 bits per heavy atom. The smallest absolute Gasteiger partial charge is 0.378 e. The minimum Gasteiger partial charge on any atom is -0.378 e. The number of nitrogens with zero attached hydrogens (tertiary/aromatic N) is 19. The van der Waals surface area contributed by atoms with E-state index in [1.807, 2.05) is 17.3 Å². The molecule has 7 aliphatic carbocycles. The van der Waals surface area contributed by atoms with Crippen LogP contribution in [0.2, 0.25) is 0 Å². The number of imidazole rings is 1. The van der Waals surface area contributed by atoms with Gasteiger partial charge in [0, 0.05) is 77.6 Å². The Labute approximate surface area is 789 Å². The number of aryl methyl sites for hydroxylation is 3. The Morgan fingerprint density at radius 3 is 1.36 bits per heavy atom. The van der Waals surface area contributed by atoms with Gasteiger partial charge in [0.05, 0.1) is 135 Å². The maximum absolute atomic E-state index is 14.8. The van der Waals surface area contributed by atoms with Crippen LogP contribution < -0.4 is 0 Å². The standard InChI is InChI=1S/C35H36F4N6O3S.C29H26F6N6O2S2.C28H26F5N7O2S2/c1-33(48-3)18-28(19-33)45(49(4,47)31-12-14-43(2)42-31)27-8-5-23-16-30-22(21-41-44(30)26-9-6-25(36)7-10-26)17-34(23,20-27)32(46)29-15-24(11-13-40-29)35(37,38)39;1-39-15-25(37-16-39)45(2,43)40(14-24(31)32)21-6-3-18-9-22-17(12-38-41(22)20-7-4-19(30)5-8-20)10-28(18,11-21)26(42)27-36-13-23(44-27)29(33,34)35;1-38-16-35-26(37-38)44(2,42)39(10-9-29)21-6-3-18-11-22-17(14-36-40(22)20-7-4-19(30)5-8-20)12-27(18,13-21)24(41)25-34-15-23(43-25)28(31,32)33/h6-7,9-16,21,27-28H,4-5,8,17-20H2,1-3H3;4-5,7-9,12-13,15-16,21,24H,2-3,6,10-11,14H2,1H3;4-5,7-8,11,14-16,21H,2-3,6,9-10,12-13H2,1H3/t27-,28?,33?,34-,49?;21-,28-,45?;21-,27-,44?/m000/s1. The van der Waals surface area contributed by atoms with Crippen LogP contribution in [-0.2, 0) is 92.8 Å². The third-order valence-corrected chi connectivity index (χ3v) is 35.0. The Hall–Kier alpha value is -11.7. The topological polar surface area (TPSA) is 280 Å². The number of aromatic nitrogens is 16. The van der Waals surface area contributed by atoms with Gasteiger partial charge in [-0.3, -0.25) is 28.7 Å². The summed E-state index contributed by atoms with van der Waals surface area (Å²) < 4.78 is 268. The van der Waals surface area contributed by atoms with E-state index in [0.717, 1.165) is 28.2 Å². The van der Waals surface area contributed by atoms with Crippen molar-refractivity contribution in [3.8, 4) is 17.1 Å². The molecule has 26 nitrogen and oxygen atoms in total. The van der Waals surface area contributed by atoms with Crippen molar-refractivity contribution in [2.24, 2.45) is 37.4 Å². The second-order valence-corrected chi connectivity index (χ2v) is 44.0. The van der Waals surface area contributed by atoms with Crippen molar-refractivity contribution in [1.82, 2.24) is 91.3 Å². The molecule has 728 valence electrons. The van der Waals surface area contributed by atoms with Crippen LogP contribution >= 0.6 is 22.7 Å². The second kappa shape index (κ2) is 36.8. The first-order chi connectivity index (χ1) is 65.1. The van der Waals surface area contributed by atoms with Gasteiger partial charge in [0.1, 0.15) is 45.9 Å². The molecule has 0 N–H and O–H groups in total. The lowest BCUT2D eigenvalue weighted by Gasteiger charge is -2.54. The van der Waals surface area contributed by atoms with Gasteiger partial charge >= 0.3 is 18.5 Å². The quantitative estimate of drug-likeness (QED) is 0.0309. The molecule has 0 radical (unpaired) electrons. The normalized spacial score (nSPS) is 23.1. The predicted molar refractivity (Wildman–Crippen MR) is 486 cm³/mol. The molecule has 3 aromatic carbocycles. The number of ketones is 3. The molecule has 12 aromatic rings. The van der Waals surface area contributed by atoms with Crippen LogP contribution in [0.3, 0.4) is 0 Å². The monoisotopic (exact) mass is 2020 g/mol. The summed E-state index contributed by atoms with van der Waals surface area (Å²) in [6.45, 7) is -0.0791. The Morgan fingerprint density at radius 1 is 0.522 bits per heavy atom. The number of rotatable bonds is 24. The summed E-state index contributed by atoms with van der Waals surface area (Å²) in [7, 11) is -3.54. The highest BCUT2D eigenvalue weighted by molar-refractivity contribution is 7.98. The molecule has 0 saturated heterocycles. The molecular weight excluding hydrogens is 1930 g/mol. The average Bonchev–Trinajstić information content (AvgIpc) is 1.30. The molecule has 9 atom stereocenters. The van der Waals surface area contributed by atoms with Gasteiger partial charge in [-0.05, 0) is 240 Å². The van der Waals surface area contributed by atoms with E-state index in [-0.39, 0.29) is 119 Å². The highest BCUT2D eigenvalue weighted by atomic mass is 32.2. The highest BCUT2D eigenvalue weighted by Gasteiger charge is 2.58. The molecule has 138 heavy (non-hydrogen) atoms. The van der Waals surface area contributed by atoms with Crippen LogP contribution in [0.1, 0.15) is 157 Å². The number of hydrogen-bond donors (Lipinski definition) is 0. The molecule has 0 spiro atoms. The number of carbonyl (C=O) groups excluding carboxylic acids is 3. The molecule has 19 rings (SSSR count). The van der Waals surface area contributed by atoms with Gasteiger partial charge in [0.15, 0.2) is 25.9 Å². The molecule has 0 aliphatic heterocycles. The molecule has 0 amide bonds. The number of carbonyl (C=O) groups is 3. The van der Waals surface area contributed by atoms with Gasteiger partial charge in [-0.25, -0.2) is 85.9 Å². The average molecular weight is 2020 g/mol. The summed E-state index contributed by atoms with van der Waals surface area (Å²) in [6, 6.07) is 18.3. The number of halogens is 15.